The summed E-state index contributed by atoms with van der Waals surface area (Å²) in [6, 6.07) is 1.92. The highest BCUT2D eigenvalue weighted by atomic mass is 31.2. The van der Waals surface area contributed by atoms with E-state index in [1.165, 1.54) is 6.92 Å². The van der Waals surface area contributed by atoms with Crippen LogP contribution in [0.5, 0.6) is 0 Å². The molecule has 18 heavy (non-hydrogen) atoms. The van der Waals surface area contributed by atoms with E-state index in [-0.39, 0.29) is 6.61 Å². The minimum absolute atomic E-state index is 0.260. The summed E-state index contributed by atoms with van der Waals surface area (Å²) >= 11 is 0. The molecule has 0 aliphatic carbocycles. The average molecular weight is 277 g/mol. The highest BCUT2D eigenvalue weighted by molar-refractivity contribution is 7.51. The lowest BCUT2D eigenvalue weighted by Gasteiger charge is -2.09. The maximum atomic E-state index is 10.8. The van der Waals surface area contributed by atoms with Crippen molar-refractivity contribution in [3.8, 4) is 6.07 Å². The molecule has 1 N–H and O–H groups in total. The van der Waals surface area contributed by atoms with E-state index < -0.39 is 19.7 Å². The van der Waals surface area contributed by atoms with Gasteiger partial charge in [-0.1, -0.05) is 12.8 Å². The Bertz CT molecular complexity index is 333. The molecule has 2 atom stereocenters. The van der Waals surface area contributed by atoms with Gasteiger partial charge in [0.1, 0.15) is 6.07 Å². The fraction of sp³-hybridized carbons (Fsp3) is 0.818. The maximum absolute atomic E-state index is 10.8. The number of unbranched alkanes of at least 4 members (excludes halogenated alkanes) is 3. The Labute approximate surface area is 107 Å². The van der Waals surface area contributed by atoms with Gasteiger partial charge < -0.3 is 14.2 Å². The van der Waals surface area contributed by atoms with E-state index in [0.717, 1.165) is 25.9 Å². The number of hydrogen-bond donors (Lipinski definition) is 1. The van der Waals surface area contributed by atoms with E-state index in [4.69, 9.17) is 19.4 Å². The minimum atomic E-state index is -3.36. The Morgan fingerprint density at radius 2 is 2.00 bits per heavy atom. The van der Waals surface area contributed by atoms with Crippen molar-refractivity contribution in [3.05, 3.63) is 0 Å². The standard InChI is InChI=1S/C11H20NO5P/c1-10(13)17-11(9-12)7-5-3-4-6-8-16-18(2,14)15/h11H,3-8H2,1-2H3,(H,14,15). The first-order valence-corrected chi connectivity index (χ1v) is 7.89. The van der Waals surface area contributed by atoms with Gasteiger partial charge in [0.05, 0.1) is 6.61 Å². The Morgan fingerprint density at radius 3 is 2.50 bits per heavy atom. The second-order valence-electron chi connectivity index (χ2n) is 4.07. The fourth-order valence-electron chi connectivity index (χ4n) is 1.37. The highest BCUT2D eigenvalue weighted by Crippen LogP contribution is 2.36. The van der Waals surface area contributed by atoms with E-state index in [1.54, 1.807) is 0 Å². The maximum Gasteiger partial charge on any atom is 0.325 e. The summed E-state index contributed by atoms with van der Waals surface area (Å²) in [5.41, 5.74) is 0. The molecule has 0 aliphatic heterocycles. The smallest absolute Gasteiger partial charge is 0.325 e. The molecule has 0 rings (SSSR count). The summed E-state index contributed by atoms with van der Waals surface area (Å²) < 4.78 is 20.3. The minimum Gasteiger partial charge on any atom is -0.447 e. The van der Waals surface area contributed by atoms with Gasteiger partial charge in [-0.25, -0.2) is 0 Å². The molecule has 0 bridgehead atoms. The number of carbonyl (C=O) groups is 1. The summed E-state index contributed by atoms with van der Waals surface area (Å²) in [6.45, 7) is 2.69. The van der Waals surface area contributed by atoms with E-state index in [2.05, 4.69) is 0 Å². The zero-order chi connectivity index (χ0) is 14.0. The molecular formula is C11H20NO5P. The van der Waals surface area contributed by atoms with Crippen molar-refractivity contribution in [2.45, 2.75) is 45.1 Å². The monoisotopic (exact) mass is 277 g/mol. The van der Waals surface area contributed by atoms with Crippen LogP contribution in [0.15, 0.2) is 0 Å². The van der Waals surface area contributed by atoms with Gasteiger partial charge in [0.25, 0.3) is 0 Å². The van der Waals surface area contributed by atoms with Crippen molar-refractivity contribution in [2.75, 3.05) is 13.3 Å². The largest absolute Gasteiger partial charge is 0.447 e. The number of ether oxygens (including phenoxy) is 1. The van der Waals surface area contributed by atoms with Crippen LogP contribution >= 0.6 is 7.60 Å². The van der Waals surface area contributed by atoms with E-state index in [1.807, 2.05) is 6.07 Å². The Morgan fingerprint density at radius 1 is 1.39 bits per heavy atom. The van der Waals surface area contributed by atoms with Gasteiger partial charge in [-0.15, -0.1) is 0 Å². The molecule has 0 aromatic heterocycles. The van der Waals surface area contributed by atoms with Crippen molar-refractivity contribution in [3.63, 3.8) is 0 Å². The second kappa shape index (κ2) is 9.09. The number of hydrogen-bond acceptors (Lipinski definition) is 5. The quantitative estimate of drug-likeness (QED) is 0.394. The molecule has 2 unspecified atom stereocenters. The zero-order valence-corrected chi connectivity index (χ0v) is 11.7. The van der Waals surface area contributed by atoms with Crippen molar-refractivity contribution in [1.82, 2.24) is 0 Å². The van der Waals surface area contributed by atoms with Crippen LogP contribution in [0.4, 0.5) is 0 Å². The molecule has 0 spiro atoms. The van der Waals surface area contributed by atoms with Crippen molar-refractivity contribution in [1.29, 1.82) is 5.26 Å². The Balaban J connectivity index is 3.48. The summed E-state index contributed by atoms with van der Waals surface area (Å²) in [5, 5.41) is 8.70. The third-order valence-corrected chi connectivity index (χ3v) is 2.81. The lowest BCUT2D eigenvalue weighted by atomic mass is 10.1. The first kappa shape index (κ1) is 17.1. The molecule has 0 saturated heterocycles. The average Bonchev–Trinajstić information content (AvgIpc) is 2.24. The zero-order valence-electron chi connectivity index (χ0n) is 10.8. The second-order valence-corrected chi connectivity index (χ2v) is 5.93. The van der Waals surface area contributed by atoms with Crippen molar-refractivity contribution in [2.24, 2.45) is 0 Å². The number of rotatable bonds is 9. The number of nitriles is 1. The number of esters is 1. The molecule has 0 amide bonds. The van der Waals surface area contributed by atoms with Crippen LogP contribution in [-0.4, -0.2) is 30.2 Å². The highest BCUT2D eigenvalue weighted by Gasteiger charge is 2.10. The number of nitrogens with zero attached hydrogens (tertiary/aromatic N) is 1. The molecule has 0 radical (unpaired) electrons. The molecule has 0 aliphatic rings. The van der Waals surface area contributed by atoms with Gasteiger partial charge in [-0.2, -0.15) is 5.26 Å². The molecule has 0 aromatic carbocycles. The molecule has 6 nitrogen and oxygen atoms in total. The molecular weight excluding hydrogens is 257 g/mol. The van der Waals surface area contributed by atoms with Crippen molar-refractivity contribution >= 4 is 13.6 Å². The topological polar surface area (TPSA) is 96.6 Å². The van der Waals surface area contributed by atoms with E-state index in [9.17, 15) is 9.36 Å². The third-order valence-electron chi connectivity index (χ3n) is 2.14. The molecule has 0 saturated carbocycles. The van der Waals surface area contributed by atoms with Crippen LogP contribution in [0.25, 0.3) is 0 Å². The molecule has 0 heterocycles. The van der Waals surface area contributed by atoms with Crippen LogP contribution < -0.4 is 0 Å². The Kier molecular flexibility index (Phi) is 8.65. The summed E-state index contributed by atoms with van der Waals surface area (Å²) in [7, 11) is -3.36. The van der Waals surface area contributed by atoms with Gasteiger partial charge in [0, 0.05) is 13.6 Å². The van der Waals surface area contributed by atoms with Crippen LogP contribution in [0.2, 0.25) is 0 Å². The van der Waals surface area contributed by atoms with Gasteiger partial charge in [0.15, 0.2) is 6.10 Å². The predicted molar refractivity (Wildman–Crippen MR) is 66.0 cm³/mol. The third kappa shape index (κ3) is 11.6. The van der Waals surface area contributed by atoms with Gasteiger partial charge in [-0.05, 0) is 19.3 Å². The van der Waals surface area contributed by atoms with Gasteiger partial charge in [-0.3, -0.25) is 9.36 Å². The first-order chi connectivity index (χ1) is 8.35. The van der Waals surface area contributed by atoms with E-state index in [0.29, 0.717) is 12.8 Å². The summed E-state index contributed by atoms with van der Waals surface area (Å²) in [5.74, 6) is -0.448. The van der Waals surface area contributed by atoms with Crippen LogP contribution in [0, 0.1) is 11.3 Å². The first-order valence-electron chi connectivity index (χ1n) is 5.87. The van der Waals surface area contributed by atoms with Crippen LogP contribution in [0.1, 0.15) is 39.0 Å². The fourth-order valence-corrected chi connectivity index (χ4v) is 1.84. The predicted octanol–water partition coefficient (Wildman–Crippen LogP) is 2.22. The normalized spacial score (nSPS) is 15.4. The Hall–Kier alpha value is -0.890. The lowest BCUT2D eigenvalue weighted by Crippen LogP contribution is -2.13. The van der Waals surface area contributed by atoms with E-state index >= 15 is 0 Å². The van der Waals surface area contributed by atoms with Gasteiger partial charge >= 0.3 is 13.6 Å². The van der Waals surface area contributed by atoms with Gasteiger partial charge in [0.2, 0.25) is 0 Å². The molecule has 0 fully saturated rings. The van der Waals surface area contributed by atoms with Crippen LogP contribution in [0.3, 0.4) is 0 Å². The SMILES string of the molecule is CC(=O)OC(C#N)CCCCCCOP(C)(=O)O. The van der Waals surface area contributed by atoms with Crippen LogP contribution in [-0.2, 0) is 18.6 Å². The molecule has 7 heteroatoms. The number of carbonyl (C=O) groups excluding carboxylic acids is 1. The summed E-state index contributed by atoms with van der Waals surface area (Å²) in [6.07, 6.45) is 3.02. The summed E-state index contributed by atoms with van der Waals surface area (Å²) in [4.78, 5) is 19.5. The van der Waals surface area contributed by atoms with Crippen molar-refractivity contribution < 1.29 is 23.5 Å². The molecule has 0 aromatic rings. The lowest BCUT2D eigenvalue weighted by molar-refractivity contribution is -0.144. The molecule has 104 valence electrons.